The summed E-state index contributed by atoms with van der Waals surface area (Å²) in [5.41, 5.74) is 2.86. The SMILES string of the molecule is COc1cc(C2CC2)c2c(=O)[nH]c(N3CCn4c(cnc4C(C)C)C3)nc2c1. The zero-order chi connectivity index (χ0) is 19.4. The van der Waals surface area contributed by atoms with Gasteiger partial charge in [-0.1, -0.05) is 13.8 Å². The number of rotatable bonds is 4. The third-order valence-corrected chi connectivity index (χ3v) is 5.78. The summed E-state index contributed by atoms with van der Waals surface area (Å²) < 4.78 is 7.75. The molecule has 1 saturated carbocycles. The molecule has 7 nitrogen and oxygen atoms in total. The number of benzene rings is 1. The number of methoxy groups -OCH3 is 1. The van der Waals surface area contributed by atoms with Gasteiger partial charge in [0.1, 0.15) is 11.6 Å². The second-order valence-corrected chi connectivity index (χ2v) is 8.11. The fourth-order valence-corrected chi connectivity index (χ4v) is 4.20. The van der Waals surface area contributed by atoms with E-state index in [9.17, 15) is 4.79 Å². The summed E-state index contributed by atoms with van der Waals surface area (Å²) in [6, 6.07) is 3.86. The van der Waals surface area contributed by atoms with Crippen LogP contribution >= 0.6 is 0 Å². The summed E-state index contributed by atoms with van der Waals surface area (Å²) >= 11 is 0. The fourth-order valence-electron chi connectivity index (χ4n) is 4.20. The molecule has 1 aliphatic heterocycles. The molecule has 1 aliphatic carbocycles. The average Bonchev–Trinajstić information content (AvgIpc) is 3.45. The van der Waals surface area contributed by atoms with Crippen LogP contribution in [0.4, 0.5) is 5.95 Å². The van der Waals surface area contributed by atoms with E-state index in [1.54, 1.807) is 7.11 Å². The van der Waals surface area contributed by atoms with Crippen molar-refractivity contribution < 1.29 is 4.74 Å². The largest absolute Gasteiger partial charge is 0.497 e. The van der Waals surface area contributed by atoms with E-state index in [1.807, 2.05) is 18.3 Å². The molecule has 0 radical (unpaired) electrons. The quantitative estimate of drug-likeness (QED) is 0.754. The van der Waals surface area contributed by atoms with Crippen LogP contribution in [0.2, 0.25) is 0 Å². The molecule has 146 valence electrons. The molecular weight excluding hydrogens is 354 g/mol. The van der Waals surface area contributed by atoms with Crippen molar-refractivity contribution >= 4 is 16.9 Å². The van der Waals surface area contributed by atoms with Gasteiger partial charge in [-0.2, -0.15) is 0 Å². The highest BCUT2D eigenvalue weighted by atomic mass is 16.5. The summed E-state index contributed by atoms with van der Waals surface area (Å²) in [5.74, 6) is 3.34. The number of H-pyrrole nitrogens is 1. The van der Waals surface area contributed by atoms with Crippen molar-refractivity contribution in [3.05, 3.63) is 45.8 Å². The third kappa shape index (κ3) is 2.77. The van der Waals surface area contributed by atoms with Crippen LogP contribution in [0.15, 0.2) is 23.1 Å². The molecule has 7 heteroatoms. The van der Waals surface area contributed by atoms with Gasteiger partial charge >= 0.3 is 0 Å². The molecule has 3 aromatic rings. The Bertz CT molecular complexity index is 1110. The molecule has 1 fully saturated rings. The van der Waals surface area contributed by atoms with Gasteiger partial charge in [0.05, 0.1) is 36.4 Å². The first kappa shape index (κ1) is 17.3. The molecule has 2 aliphatic rings. The van der Waals surface area contributed by atoms with Crippen molar-refractivity contribution in [1.29, 1.82) is 0 Å². The third-order valence-electron chi connectivity index (χ3n) is 5.78. The fraction of sp³-hybridized carbons (Fsp3) is 0.476. The van der Waals surface area contributed by atoms with E-state index in [4.69, 9.17) is 9.72 Å². The molecule has 1 N–H and O–H groups in total. The molecule has 0 saturated heterocycles. The number of aromatic nitrogens is 4. The number of hydrogen-bond donors (Lipinski definition) is 1. The molecule has 5 rings (SSSR count). The van der Waals surface area contributed by atoms with Gasteiger partial charge in [-0.15, -0.1) is 0 Å². The number of nitrogens with one attached hydrogen (secondary N) is 1. The lowest BCUT2D eigenvalue weighted by atomic mass is 10.0. The summed E-state index contributed by atoms with van der Waals surface area (Å²) in [5, 5.41) is 0.705. The lowest BCUT2D eigenvalue weighted by Crippen LogP contribution is -2.36. The number of ether oxygens (including phenoxy) is 1. The topological polar surface area (TPSA) is 76.0 Å². The van der Waals surface area contributed by atoms with Crippen LogP contribution in [0, 0.1) is 0 Å². The normalized spacial score (nSPS) is 16.6. The number of aromatic amines is 1. The molecule has 2 aromatic heterocycles. The first-order chi connectivity index (χ1) is 13.5. The molecular formula is C21H25N5O2. The molecule has 3 heterocycles. The molecule has 0 unspecified atom stereocenters. The van der Waals surface area contributed by atoms with Crippen LogP contribution in [0.5, 0.6) is 5.75 Å². The van der Waals surface area contributed by atoms with Gasteiger partial charge in [0.2, 0.25) is 5.95 Å². The predicted molar refractivity (Wildman–Crippen MR) is 108 cm³/mol. The predicted octanol–water partition coefficient (Wildman–Crippen LogP) is 3.15. The Balaban J connectivity index is 1.55. The molecule has 0 bridgehead atoms. The zero-order valence-corrected chi connectivity index (χ0v) is 16.5. The van der Waals surface area contributed by atoms with Crippen molar-refractivity contribution in [2.45, 2.75) is 51.6 Å². The molecule has 0 spiro atoms. The van der Waals surface area contributed by atoms with E-state index in [1.165, 1.54) is 0 Å². The number of imidazole rings is 1. The van der Waals surface area contributed by atoms with Gasteiger partial charge in [-0.3, -0.25) is 9.78 Å². The summed E-state index contributed by atoms with van der Waals surface area (Å²) in [4.78, 5) is 27.5. The van der Waals surface area contributed by atoms with E-state index in [0.717, 1.165) is 48.8 Å². The number of hydrogen-bond acceptors (Lipinski definition) is 5. The second-order valence-electron chi connectivity index (χ2n) is 8.11. The van der Waals surface area contributed by atoms with Crippen LogP contribution in [0.1, 0.15) is 55.6 Å². The van der Waals surface area contributed by atoms with Crippen molar-refractivity contribution in [3.63, 3.8) is 0 Å². The maximum absolute atomic E-state index is 13.0. The Morgan fingerprint density at radius 3 is 2.79 bits per heavy atom. The van der Waals surface area contributed by atoms with E-state index in [2.05, 4.69) is 33.3 Å². The number of anilines is 1. The first-order valence-corrected chi connectivity index (χ1v) is 9.96. The average molecular weight is 379 g/mol. The Morgan fingerprint density at radius 2 is 2.07 bits per heavy atom. The van der Waals surface area contributed by atoms with Gasteiger partial charge in [0.15, 0.2) is 0 Å². The van der Waals surface area contributed by atoms with Gasteiger partial charge < -0.3 is 14.2 Å². The Hall–Kier alpha value is -2.83. The highest BCUT2D eigenvalue weighted by Crippen LogP contribution is 2.43. The highest BCUT2D eigenvalue weighted by Gasteiger charge is 2.28. The highest BCUT2D eigenvalue weighted by molar-refractivity contribution is 5.85. The van der Waals surface area contributed by atoms with Crippen LogP contribution < -0.4 is 15.2 Å². The Morgan fingerprint density at radius 1 is 1.25 bits per heavy atom. The summed E-state index contributed by atoms with van der Waals surface area (Å²) in [6.45, 7) is 6.64. The second kappa shape index (κ2) is 6.36. The lowest BCUT2D eigenvalue weighted by molar-refractivity contribution is 0.415. The summed E-state index contributed by atoms with van der Waals surface area (Å²) in [7, 11) is 1.66. The van der Waals surface area contributed by atoms with Crippen molar-refractivity contribution in [2.24, 2.45) is 0 Å². The molecule has 0 amide bonds. The summed E-state index contributed by atoms with van der Waals surface area (Å²) in [6.07, 6.45) is 4.18. The molecule has 1 aromatic carbocycles. The number of fused-ring (bicyclic) bond motifs is 2. The van der Waals surface area contributed by atoms with Crippen LogP contribution in [0.25, 0.3) is 10.9 Å². The van der Waals surface area contributed by atoms with Gasteiger partial charge in [0, 0.05) is 25.1 Å². The van der Waals surface area contributed by atoms with E-state index in [-0.39, 0.29) is 5.56 Å². The monoisotopic (exact) mass is 379 g/mol. The standard InChI is InChI=1S/C21H25N5O2/c1-12(2)19-22-10-14-11-25(6-7-26(14)19)21-23-17-9-15(28-3)8-16(13-4-5-13)18(17)20(27)24-21/h8-10,12-13H,4-7,11H2,1-3H3,(H,23,24,27). The molecule has 0 atom stereocenters. The Labute approximate surface area is 163 Å². The van der Waals surface area contributed by atoms with Crippen LogP contribution in [-0.4, -0.2) is 33.2 Å². The van der Waals surface area contributed by atoms with Gasteiger partial charge in [-0.05, 0) is 30.4 Å². The van der Waals surface area contributed by atoms with E-state index < -0.39 is 0 Å². The minimum atomic E-state index is -0.0634. The maximum atomic E-state index is 13.0. The van der Waals surface area contributed by atoms with Crippen LogP contribution in [0.3, 0.4) is 0 Å². The van der Waals surface area contributed by atoms with Crippen molar-refractivity contribution in [3.8, 4) is 5.75 Å². The minimum Gasteiger partial charge on any atom is -0.497 e. The van der Waals surface area contributed by atoms with Gasteiger partial charge in [-0.25, -0.2) is 9.97 Å². The zero-order valence-electron chi connectivity index (χ0n) is 16.5. The first-order valence-electron chi connectivity index (χ1n) is 9.96. The van der Waals surface area contributed by atoms with E-state index >= 15 is 0 Å². The maximum Gasteiger partial charge on any atom is 0.260 e. The minimum absolute atomic E-state index is 0.0634. The van der Waals surface area contributed by atoms with Crippen molar-refractivity contribution in [1.82, 2.24) is 19.5 Å². The number of nitrogens with zero attached hydrogens (tertiary/aromatic N) is 4. The lowest BCUT2D eigenvalue weighted by Gasteiger charge is -2.30. The van der Waals surface area contributed by atoms with Crippen LogP contribution in [-0.2, 0) is 13.1 Å². The molecule has 28 heavy (non-hydrogen) atoms. The smallest absolute Gasteiger partial charge is 0.260 e. The Kier molecular flexibility index (Phi) is 3.92. The van der Waals surface area contributed by atoms with Crippen molar-refractivity contribution in [2.75, 3.05) is 18.6 Å². The van der Waals surface area contributed by atoms with E-state index in [0.29, 0.717) is 35.2 Å². The van der Waals surface area contributed by atoms with Gasteiger partial charge in [0.25, 0.3) is 5.56 Å².